The summed E-state index contributed by atoms with van der Waals surface area (Å²) < 4.78 is 16.3. The molecular weight excluding hydrogens is 296 g/mol. The Labute approximate surface area is 128 Å². The summed E-state index contributed by atoms with van der Waals surface area (Å²) in [5, 5.41) is 5.65. The molecule has 2 heterocycles. The first-order valence-corrected chi connectivity index (χ1v) is 8.98. The van der Waals surface area contributed by atoms with Crippen LogP contribution in [0.1, 0.15) is 51.0 Å². The molecule has 1 saturated heterocycles. The Bertz CT molecular complexity index is 410. The molecule has 5 nitrogen and oxygen atoms in total. The third-order valence-electron chi connectivity index (χ3n) is 3.13. The van der Waals surface area contributed by atoms with Gasteiger partial charge >= 0.3 is 0 Å². The average Bonchev–Trinajstić information content (AvgIpc) is 2.91. The maximum absolute atomic E-state index is 5.48. The second-order valence-electron chi connectivity index (χ2n) is 4.60. The van der Waals surface area contributed by atoms with E-state index in [9.17, 15) is 0 Å². The largest absolute Gasteiger partial charge is 0.345 e. The molecule has 0 aliphatic carbocycles. The van der Waals surface area contributed by atoms with E-state index in [4.69, 9.17) is 14.0 Å². The summed E-state index contributed by atoms with van der Waals surface area (Å²) in [7, 11) is 0. The molecule has 1 fully saturated rings. The lowest BCUT2D eigenvalue weighted by molar-refractivity contribution is -0.155. The van der Waals surface area contributed by atoms with Gasteiger partial charge in [-0.3, -0.25) is 0 Å². The third kappa shape index (κ3) is 3.90. The zero-order valence-electron chi connectivity index (χ0n) is 12.4. The summed E-state index contributed by atoms with van der Waals surface area (Å²) in [4.78, 5) is 4.47. The highest BCUT2D eigenvalue weighted by Crippen LogP contribution is 2.43. The number of hydrogen-bond acceptors (Lipinski definition) is 7. The lowest BCUT2D eigenvalue weighted by Gasteiger charge is -2.29. The van der Waals surface area contributed by atoms with Crippen molar-refractivity contribution >= 4 is 23.5 Å². The minimum atomic E-state index is -0.552. The predicted octanol–water partition coefficient (Wildman–Crippen LogP) is 3.44. The van der Waals surface area contributed by atoms with Crippen LogP contribution in [0, 0.1) is 0 Å². The van der Waals surface area contributed by atoms with Gasteiger partial charge in [0.25, 0.3) is 5.89 Å². The first-order valence-electron chi connectivity index (χ1n) is 6.99. The van der Waals surface area contributed by atoms with Crippen molar-refractivity contribution in [1.29, 1.82) is 0 Å². The number of nitrogens with zero attached hydrogens (tertiary/aromatic N) is 2. The molecule has 3 unspecified atom stereocenters. The third-order valence-corrected chi connectivity index (χ3v) is 6.52. The van der Waals surface area contributed by atoms with Gasteiger partial charge in [0.1, 0.15) is 0 Å². The molecule has 20 heavy (non-hydrogen) atoms. The minimum absolute atomic E-state index is 0.285. The van der Waals surface area contributed by atoms with Gasteiger partial charge in [-0.1, -0.05) is 19.0 Å². The second-order valence-corrected chi connectivity index (χ2v) is 7.60. The molecular formula is C13H22N2O3S2. The quantitative estimate of drug-likeness (QED) is 0.745. The van der Waals surface area contributed by atoms with Crippen LogP contribution in [0.2, 0.25) is 0 Å². The van der Waals surface area contributed by atoms with Gasteiger partial charge in [-0.2, -0.15) is 16.7 Å². The Morgan fingerprint density at radius 1 is 1.25 bits per heavy atom. The average molecular weight is 318 g/mol. The van der Waals surface area contributed by atoms with Crippen molar-refractivity contribution in [2.24, 2.45) is 0 Å². The topological polar surface area (TPSA) is 57.4 Å². The molecule has 0 amide bonds. The van der Waals surface area contributed by atoms with Crippen LogP contribution in [-0.4, -0.2) is 39.6 Å². The first kappa shape index (κ1) is 16.1. The summed E-state index contributed by atoms with van der Waals surface area (Å²) >= 11 is 3.87. The van der Waals surface area contributed by atoms with E-state index in [1.807, 2.05) is 37.4 Å². The lowest BCUT2D eigenvalue weighted by Crippen LogP contribution is -2.22. The highest BCUT2D eigenvalue weighted by molar-refractivity contribution is 8.07. The Morgan fingerprint density at radius 3 is 2.55 bits per heavy atom. The SMILES string of the molecule is CCOC(OCC)c1nc(C2CSC(C)C(C)S2)no1. The van der Waals surface area contributed by atoms with Crippen molar-refractivity contribution in [3.8, 4) is 0 Å². The van der Waals surface area contributed by atoms with E-state index in [1.54, 1.807) is 0 Å². The van der Waals surface area contributed by atoms with Crippen LogP contribution in [0.15, 0.2) is 4.52 Å². The van der Waals surface area contributed by atoms with E-state index in [2.05, 4.69) is 24.0 Å². The van der Waals surface area contributed by atoms with Gasteiger partial charge in [-0.05, 0) is 13.8 Å². The van der Waals surface area contributed by atoms with Crippen molar-refractivity contribution in [1.82, 2.24) is 10.1 Å². The molecule has 0 radical (unpaired) electrons. The Morgan fingerprint density at radius 2 is 1.95 bits per heavy atom. The van der Waals surface area contributed by atoms with Crippen molar-refractivity contribution in [2.75, 3.05) is 19.0 Å². The van der Waals surface area contributed by atoms with Crippen LogP contribution in [0.4, 0.5) is 0 Å². The number of ether oxygens (including phenoxy) is 2. The standard InChI is InChI=1S/C13H22N2O3S2/c1-5-16-13(17-6-2)12-14-11(15-18-12)10-7-19-8(3)9(4)20-10/h8-10,13H,5-7H2,1-4H3. The van der Waals surface area contributed by atoms with Crippen molar-refractivity contribution < 1.29 is 14.0 Å². The van der Waals surface area contributed by atoms with Crippen LogP contribution in [0.3, 0.4) is 0 Å². The molecule has 114 valence electrons. The van der Waals surface area contributed by atoms with Crippen LogP contribution < -0.4 is 0 Å². The maximum atomic E-state index is 5.48. The lowest BCUT2D eigenvalue weighted by atomic mass is 10.3. The zero-order valence-corrected chi connectivity index (χ0v) is 14.0. The fourth-order valence-electron chi connectivity index (χ4n) is 1.89. The van der Waals surface area contributed by atoms with E-state index in [1.165, 1.54) is 0 Å². The van der Waals surface area contributed by atoms with E-state index in [0.717, 1.165) is 11.6 Å². The van der Waals surface area contributed by atoms with Gasteiger partial charge in [-0.25, -0.2) is 0 Å². The Hall–Kier alpha value is -0.240. The minimum Gasteiger partial charge on any atom is -0.345 e. The normalized spacial score (nSPS) is 27.1. The van der Waals surface area contributed by atoms with E-state index >= 15 is 0 Å². The van der Waals surface area contributed by atoms with Crippen molar-refractivity contribution in [2.45, 2.75) is 49.7 Å². The maximum Gasteiger partial charge on any atom is 0.283 e. The van der Waals surface area contributed by atoms with E-state index in [0.29, 0.717) is 29.6 Å². The van der Waals surface area contributed by atoms with Crippen LogP contribution in [0.5, 0.6) is 0 Å². The fraction of sp³-hybridized carbons (Fsp3) is 0.846. The molecule has 7 heteroatoms. The van der Waals surface area contributed by atoms with Gasteiger partial charge in [0, 0.05) is 29.5 Å². The molecule has 1 aliphatic rings. The van der Waals surface area contributed by atoms with Crippen molar-refractivity contribution in [3.05, 3.63) is 11.7 Å². The zero-order chi connectivity index (χ0) is 14.5. The van der Waals surface area contributed by atoms with Crippen LogP contribution >= 0.6 is 23.5 Å². The number of hydrogen-bond donors (Lipinski definition) is 0. The van der Waals surface area contributed by atoms with Gasteiger partial charge in [0.15, 0.2) is 5.82 Å². The summed E-state index contributed by atoms with van der Waals surface area (Å²) in [5.41, 5.74) is 0. The molecule has 0 aromatic carbocycles. The number of thioether (sulfide) groups is 2. The smallest absolute Gasteiger partial charge is 0.283 e. The molecule has 0 saturated carbocycles. The molecule has 1 aromatic heterocycles. The monoisotopic (exact) mass is 318 g/mol. The molecule has 0 spiro atoms. The first-order chi connectivity index (χ1) is 9.65. The van der Waals surface area contributed by atoms with E-state index < -0.39 is 6.29 Å². The van der Waals surface area contributed by atoms with Gasteiger partial charge < -0.3 is 14.0 Å². The Kier molecular flexibility index (Phi) is 6.20. The number of aromatic nitrogens is 2. The van der Waals surface area contributed by atoms with E-state index in [-0.39, 0.29) is 5.25 Å². The molecule has 0 N–H and O–H groups in total. The van der Waals surface area contributed by atoms with Crippen molar-refractivity contribution in [3.63, 3.8) is 0 Å². The molecule has 2 rings (SSSR count). The van der Waals surface area contributed by atoms with Gasteiger partial charge in [0.2, 0.25) is 6.29 Å². The number of rotatable bonds is 6. The highest BCUT2D eigenvalue weighted by Gasteiger charge is 2.31. The van der Waals surface area contributed by atoms with Crippen LogP contribution in [-0.2, 0) is 9.47 Å². The summed E-state index contributed by atoms with van der Waals surface area (Å²) in [6, 6.07) is 0. The summed E-state index contributed by atoms with van der Waals surface area (Å²) in [6.45, 7) is 9.44. The molecule has 0 bridgehead atoms. The Balaban J connectivity index is 2.04. The molecule has 1 aromatic rings. The van der Waals surface area contributed by atoms with Crippen LogP contribution in [0.25, 0.3) is 0 Å². The predicted molar refractivity (Wildman–Crippen MR) is 82.0 cm³/mol. The highest BCUT2D eigenvalue weighted by atomic mass is 32.2. The second kappa shape index (κ2) is 7.68. The molecule has 3 atom stereocenters. The summed E-state index contributed by atoms with van der Waals surface area (Å²) in [5.74, 6) is 2.18. The molecule has 1 aliphatic heterocycles. The summed E-state index contributed by atoms with van der Waals surface area (Å²) in [6.07, 6.45) is -0.552. The fourth-order valence-corrected chi connectivity index (χ4v) is 4.72. The van der Waals surface area contributed by atoms with Gasteiger partial charge in [-0.15, -0.1) is 11.8 Å². The van der Waals surface area contributed by atoms with Gasteiger partial charge in [0.05, 0.1) is 5.25 Å².